The van der Waals surface area contributed by atoms with Crippen LogP contribution in [0.2, 0.25) is 0 Å². The van der Waals surface area contributed by atoms with Gasteiger partial charge in [-0.2, -0.15) is 0 Å². The van der Waals surface area contributed by atoms with Crippen LogP contribution in [0.25, 0.3) is 0 Å². The van der Waals surface area contributed by atoms with Crippen molar-refractivity contribution in [2.75, 3.05) is 7.11 Å². The van der Waals surface area contributed by atoms with Gasteiger partial charge in [-0.05, 0) is 40.2 Å². The summed E-state index contributed by atoms with van der Waals surface area (Å²) >= 11 is 3.23. The molecule has 0 atom stereocenters. The van der Waals surface area contributed by atoms with Crippen LogP contribution < -0.4 is 9.47 Å². The molecule has 1 heterocycles. The summed E-state index contributed by atoms with van der Waals surface area (Å²) in [6.45, 7) is 0.152. The van der Waals surface area contributed by atoms with Gasteiger partial charge in [0.1, 0.15) is 28.5 Å². The molecular formula is C13H11BrFNO2. The number of ether oxygens (including phenoxy) is 2. The van der Waals surface area contributed by atoms with E-state index in [1.54, 1.807) is 30.5 Å². The number of halogens is 2. The first-order valence-corrected chi connectivity index (χ1v) is 6.05. The molecule has 1 aromatic carbocycles. The van der Waals surface area contributed by atoms with Gasteiger partial charge in [-0.1, -0.05) is 0 Å². The first-order valence-electron chi connectivity index (χ1n) is 5.26. The third-order valence-corrected chi connectivity index (χ3v) is 2.82. The summed E-state index contributed by atoms with van der Waals surface area (Å²) in [5, 5.41) is 0. The number of methoxy groups -OCH3 is 1. The molecule has 18 heavy (non-hydrogen) atoms. The van der Waals surface area contributed by atoms with E-state index in [4.69, 9.17) is 9.47 Å². The maximum atomic E-state index is 13.6. The lowest BCUT2D eigenvalue weighted by Crippen LogP contribution is -1.99. The van der Waals surface area contributed by atoms with Crippen molar-refractivity contribution in [3.05, 3.63) is 52.5 Å². The molecule has 3 nitrogen and oxygen atoms in total. The summed E-state index contributed by atoms with van der Waals surface area (Å²) in [6.07, 6.45) is 1.57. The SMILES string of the molecule is COc1ccc(COc2ccc(Br)nc2)c(F)c1. The van der Waals surface area contributed by atoms with Crippen molar-refractivity contribution in [3.8, 4) is 11.5 Å². The Morgan fingerprint density at radius 1 is 1.22 bits per heavy atom. The monoisotopic (exact) mass is 311 g/mol. The Bertz CT molecular complexity index is 531. The summed E-state index contributed by atoms with van der Waals surface area (Å²) < 4.78 is 24.7. The van der Waals surface area contributed by atoms with Crippen LogP contribution >= 0.6 is 15.9 Å². The highest BCUT2D eigenvalue weighted by atomic mass is 79.9. The minimum Gasteiger partial charge on any atom is -0.497 e. The Balaban J connectivity index is 2.04. The van der Waals surface area contributed by atoms with E-state index >= 15 is 0 Å². The second kappa shape index (κ2) is 5.82. The zero-order chi connectivity index (χ0) is 13.0. The number of benzene rings is 1. The summed E-state index contributed by atoms with van der Waals surface area (Å²) in [6, 6.07) is 8.19. The molecule has 0 radical (unpaired) electrons. The molecule has 0 unspecified atom stereocenters. The van der Waals surface area contributed by atoms with E-state index < -0.39 is 0 Å². The first-order chi connectivity index (χ1) is 8.69. The van der Waals surface area contributed by atoms with Crippen molar-refractivity contribution in [2.24, 2.45) is 0 Å². The van der Waals surface area contributed by atoms with Gasteiger partial charge in [0.25, 0.3) is 0 Å². The molecule has 2 aromatic rings. The summed E-state index contributed by atoms with van der Waals surface area (Å²) in [7, 11) is 1.50. The van der Waals surface area contributed by atoms with Gasteiger partial charge in [-0.15, -0.1) is 0 Å². The minimum absolute atomic E-state index is 0.152. The predicted molar refractivity (Wildman–Crippen MR) is 69.2 cm³/mol. The van der Waals surface area contributed by atoms with Gasteiger partial charge in [0, 0.05) is 11.6 Å². The van der Waals surface area contributed by atoms with Crippen molar-refractivity contribution in [1.29, 1.82) is 0 Å². The fourth-order valence-electron chi connectivity index (χ4n) is 1.38. The van der Waals surface area contributed by atoms with Gasteiger partial charge >= 0.3 is 0 Å². The zero-order valence-corrected chi connectivity index (χ0v) is 11.3. The van der Waals surface area contributed by atoms with Crippen molar-refractivity contribution >= 4 is 15.9 Å². The van der Waals surface area contributed by atoms with E-state index in [9.17, 15) is 4.39 Å². The molecule has 0 fully saturated rings. The third kappa shape index (κ3) is 3.20. The average molecular weight is 312 g/mol. The molecule has 0 aliphatic carbocycles. The van der Waals surface area contributed by atoms with Gasteiger partial charge in [0.2, 0.25) is 0 Å². The molecule has 5 heteroatoms. The number of pyridine rings is 1. The van der Waals surface area contributed by atoms with Crippen LogP contribution in [-0.2, 0) is 6.61 Å². The van der Waals surface area contributed by atoms with Crippen LogP contribution in [0.4, 0.5) is 4.39 Å². The number of hydrogen-bond donors (Lipinski definition) is 0. The standard InChI is InChI=1S/C13H11BrFNO2/c1-17-10-3-2-9(12(15)6-10)8-18-11-4-5-13(14)16-7-11/h2-7H,8H2,1H3. The smallest absolute Gasteiger partial charge is 0.138 e. The molecule has 1 aromatic heterocycles. The van der Waals surface area contributed by atoms with Gasteiger partial charge in [-0.3, -0.25) is 0 Å². The zero-order valence-electron chi connectivity index (χ0n) is 9.69. The maximum absolute atomic E-state index is 13.6. The molecule has 0 bridgehead atoms. The summed E-state index contributed by atoms with van der Waals surface area (Å²) in [5.74, 6) is 0.731. The van der Waals surface area contributed by atoms with E-state index in [0.717, 1.165) is 4.60 Å². The van der Waals surface area contributed by atoms with E-state index in [1.807, 2.05) is 0 Å². The molecule has 0 saturated heterocycles. The lowest BCUT2D eigenvalue weighted by atomic mass is 10.2. The van der Waals surface area contributed by atoms with E-state index in [0.29, 0.717) is 17.1 Å². The molecule has 0 spiro atoms. The lowest BCUT2D eigenvalue weighted by Gasteiger charge is -2.08. The molecule has 0 N–H and O–H groups in total. The fourth-order valence-corrected chi connectivity index (χ4v) is 1.62. The quantitative estimate of drug-likeness (QED) is 0.809. The van der Waals surface area contributed by atoms with Crippen LogP contribution in [0.1, 0.15) is 5.56 Å². The lowest BCUT2D eigenvalue weighted by molar-refractivity contribution is 0.298. The molecule has 2 rings (SSSR count). The highest BCUT2D eigenvalue weighted by molar-refractivity contribution is 9.10. The Morgan fingerprint density at radius 3 is 2.61 bits per heavy atom. The van der Waals surface area contributed by atoms with Crippen molar-refractivity contribution in [1.82, 2.24) is 4.98 Å². The second-order valence-electron chi connectivity index (χ2n) is 3.56. The van der Waals surface area contributed by atoms with E-state index in [1.165, 1.54) is 13.2 Å². The Labute approximate surface area is 113 Å². The van der Waals surface area contributed by atoms with Crippen molar-refractivity contribution in [2.45, 2.75) is 6.61 Å². The molecule has 0 saturated carbocycles. The topological polar surface area (TPSA) is 31.4 Å². The normalized spacial score (nSPS) is 10.2. The maximum Gasteiger partial charge on any atom is 0.138 e. The van der Waals surface area contributed by atoms with Crippen LogP contribution in [0, 0.1) is 5.82 Å². The molecule has 0 amide bonds. The third-order valence-electron chi connectivity index (χ3n) is 2.35. The van der Waals surface area contributed by atoms with Gasteiger partial charge in [-0.25, -0.2) is 9.37 Å². The van der Waals surface area contributed by atoms with Crippen molar-refractivity contribution < 1.29 is 13.9 Å². The summed E-state index contributed by atoms with van der Waals surface area (Å²) in [4.78, 5) is 4.02. The van der Waals surface area contributed by atoms with Crippen LogP contribution in [-0.4, -0.2) is 12.1 Å². The van der Waals surface area contributed by atoms with Crippen molar-refractivity contribution in [3.63, 3.8) is 0 Å². The first kappa shape index (κ1) is 12.8. The van der Waals surface area contributed by atoms with E-state index in [2.05, 4.69) is 20.9 Å². The fraction of sp³-hybridized carbons (Fsp3) is 0.154. The second-order valence-corrected chi connectivity index (χ2v) is 4.38. The molecule has 0 aliphatic rings. The van der Waals surface area contributed by atoms with E-state index in [-0.39, 0.29) is 12.4 Å². The van der Waals surface area contributed by atoms with Crippen LogP contribution in [0.15, 0.2) is 41.1 Å². The molecule has 0 aliphatic heterocycles. The minimum atomic E-state index is -0.348. The number of hydrogen-bond acceptors (Lipinski definition) is 3. The molecule has 94 valence electrons. The Kier molecular flexibility index (Phi) is 4.15. The summed E-state index contributed by atoms with van der Waals surface area (Å²) in [5.41, 5.74) is 0.471. The largest absolute Gasteiger partial charge is 0.497 e. The highest BCUT2D eigenvalue weighted by Crippen LogP contribution is 2.19. The number of aromatic nitrogens is 1. The highest BCUT2D eigenvalue weighted by Gasteiger charge is 2.05. The number of nitrogens with zero attached hydrogens (tertiary/aromatic N) is 1. The van der Waals surface area contributed by atoms with Crippen LogP contribution in [0.5, 0.6) is 11.5 Å². The Hall–Kier alpha value is -1.62. The molecular weight excluding hydrogens is 301 g/mol. The van der Waals surface area contributed by atoms with Gasteiger partial charge in [0.15, 0.2) is 0 Å². The van der Waals surface area contributed by atoms with Gasteiger partial charge in [0.05, 0.1) is 13.3 Å². The predicted octanol–water partition coefficient (Wildman–Crippen LogP) is 3.57. The van der Waals surface area contributed by atoms with Crippen LogP contribution in [0.3, 0.4) is 0 Å². The number of rotatable bonds is 4. The Morgan fingerprint density at radius 2 is 2.00 bits per heavy atom. The average Bonchev–Trinajstić information content (AvgIpc) is 2.39. The van der Waals surface area contributed by atoms with Gasteiger partial charge < -0.3 is 9.47 Å².